The number of carbonyl (C=O) groups excluding carboxylic acids is 2. The van der Waals surface area contributed by atoms with Crippen LogP contribution in [0.5, 0.6) is 5.75 Å². The monoisotopic (exact) mass is 476 g/mol. The van der Waals surface area contributed by atoms with Crippen LogP contribution in [0.3, 0.4) is 0 Å². The lowest BCUT2D eigenvalue weighted by Crippen LogP contribution is -2.29. The molecule has 1 atom stereocenters. The second-order valence-electron chi connectivity index (χ2n) is 7.42. The molecule has 164 valence electrons. The van der Waals surface area contributed by atoms with E-state index in [1.54, 1.807) is 48.5 Å². The number of aliphatic hydroxyl groups is 1. The lowest BCUT2D eigenvalue weighted by molar-refractivity contribution is -0.132. The van der Waals surface area contributed by atoms with Gasteiger partial charge in [0.1, 0.15) is 11.5 Å². The molecule has 5 rings (SSSR count). The molecule has 0 bridgehead atoms. The molecule has 1 aliphatic heterocycles. The van der Waals surface area contributed by atoms with Crippen LogP contribution < -0.4 is 9.64 Å². The van der Waals surface area contributed by atoms with Crippen molar-refractivity contribution < 1.29 is 19.4 Å². The Hall–Kier alpha value is -3.68. The minimum absolute atomic E-state index is 0.0187. The van der Waals surface area contributed by atoms with E-state index < -0.39 is 17.7 Å². The molecular weight excluding hydrogens is 460 g/mol. The van der Waals surface area contributed by atoms with Crippen molar-refractivity contribution >= 4 is 55.7 Å². The van der Waals surface area contributed by atoms with Crippen molar-refractivity contribution in [3.05, 3.63) is 94.5 Å². The second-order valence-corrected chi connectivity index (χ2v) is 8.86. The summed E-state index contributed by atoms with van der Waals surface area (Å²) in [4.78, 5) is 32.4. The summed E-state index contributed by atoms with van der Waals surface area (Å²) in [6.07, 6.45) is 0. The number of ether oxygens (including phenoxy) is 1. The van der Waals surface area contributed by atoms with Crippen molar-refractivity contribution in [2.24, 2.45) is 0 Å². The average Bonchev–Trinajstić information content (AvgIpc) is 3.37. The molecule has 1 saturated heterocycles. The Morgan fingerprint density at radius 2 is 1.82 bits per heavy atom. The number of fused-ring (bicyclic) bond motifs is 1. The second kappa shape index (κ2) is 8.35. The number of hydrogen-bond donors (Lipinski definition) is 1. The molecule has 0 unspecified atom stereocenters. The largest absolute Gasteiger partial charge is 0.507 e. The first-order valence-electron chi connectivity index (χ1n) is 10.0. The van der Waals surface area contributed by atoms with E-state index in [0.29, 0.717) is 27.0 Å². The smallest absolute Gasteiger partial charge is 0.301 e. The number of ketones is 1. The van der Waals surface area contributed by atoms with Crippen LogP contribution in [-0.2, 0) is 9.59 Å². The Morgan fingerprint density at radius 1 is 1.06 bits per heavy atom. The molecule has 4 aromatic rings. The number of anilines is 1. The summed E-state index contributed by atoms with van der Waals surface area (Å²) in [5.74, 6) is -1.25. The van der Waals surface area contributed by atoms with Crippen molar-refractivity contribution in [3.63, 3.8) is 0 Å². The van der Waals surface area contributed by atoms with Crippen LogP contribution in [-0.4, -0.2) is 28.9 Å². The fourth-order valence-electron chi connectivity index (χ4n) is 3.88. The summed E-state index contributed by atoms with van der Waals surface area (Å²) in [5.41, 5.74) is 1.70. The standard InChI is InChI=1S/C25H17ClN2O4S/c1-32-17-6-4-5-15(13-17)21-20(22(29)14-9-11-16(26)12-10-14)23(30)24(31)28(21)25-27-18-7-2-3-8-19(18)33-25/h2-13,21,29H,1H3/t21-/m1/s1. The maximum atomic E-state index is 13.3. The minimum atomic E-state index is -0.878. The Balaban J connectivity index is 1.74. The maximum absolute atomic E-state index is 13.3. The fraction of sp³-hybridized carbons (Fsp3) is 0.0800. The fourth-order valence-corrected chi connectivity index (χ4v) is 5.00. The van der Waals surface area contributed by atoms with Gasteiger partial charge in [-0.25, -0.2) is 4.98 Å². The third-order valence-corrected chi connectivity index (χ3v) is 6.75. The lowest BCUT2D eigenvalue weighted by atomic mass is 9.95. The van der Waals surface area contributed by atoms with Gasteiger partial charge in [-0.15, -0.1) is 0 Å². The zero-order valence-electron chi connectivity index (χ0n) is 17.4. The van der Waals surface area contributed by atoms with E-state index in [1.807, 2.05) is 24.3 Å². The van der Waals surface area contributed by atoms with Crippen LogP contribution >= 0.6 is 22.9 Å². The Morgan fingerprint density at radius 3 is 2.55 bits per heavy atom. The SMILES string of the molecule is COc1cccc([C@@H]2C(=C(O)c3ccc(Cl)cc3)C(=O)C(=O)N2c2nc3ccccc3s2)c1. The first kappa shape index (κ1) is 21.2. The van der Waals surface area contributed by atoms with E-state index in [9.17, 15) is 14.7 Å². The Bertz CT molecular complexity index is 1390. The van der Waals surface area contributed by atoms with Gasteiger partial charge in [-0.3, -0.25) is 14.5 Å². The summed E-state index contributed by atoms with van der Waals surface area (Å²) in [6.45, 7) is 0. The van der Waals surface area contributed by atoms with E-state index in [2.05, 4.69) is 4.98 Å². The van der Waals surface area contributed by atoms with Crippen molar-refractivity contribution in [3.8, 4) is 5.75 Å². The molecule has 6 nitrogen and oxygen atoms in total. The number of halogens is 1. The molecule has 2 heterocycles. The van der Waals surface area contributed by atoms with Crippen LogP contribution in [0.15, 0.2) is 78.4 Å². The van der Waals surface area contributed by atoms with Gasteiger partial charge < -0.3 is 9.84 Å². The van der Waals surface area contributed by atoms with Crippen LogP contribution in [0.25, 0.3) is 16.0 Å². The van der Waals surface area contributed by atoms with Gasteiger partial charge >= 0.3 is 5.91 Å². The van der Waals surface area contributed by atoms with E-state index in [0.717, 1.165) is 10.2 Å². The molecule has 1 aliphatic rings. The highest BCUT2D eigenvalue weighted by molar-refractivity contribution is 7.22. The number of benzene rings is 3. The molecule has 1 aromatic heterocycles. The van der Waals surface area contributed by atoms with Crippen molar-refractivity contribution in [2.75, 3.05) is 12.0 Å². The third-order valence-electron chi connectivity index (χ3n) is 5.46. The number of thiazole rings is 1. The Labute approximate surface area is 198 Å². The summed E-state index contributed by atoms with van der Waals surface area (Å²) < 4.78 is 6.24. The number of aliphatic hydroxyl groups excluding tert-OH is 1. The molecule has 3 aromatic carbocycles. The molecule has 8 heteroatoms. The van der Waals surface area contributed by atoms with Crippen LogP contribution in [0.2, 0.25) is 5.02 Å². The Kier molecular flexibility index (Phi) is 5.36. The predicted octanol–water partition coefficient (Wildman–Crippen LogP) is 5.58. The van der Waals surface area contributed by atoms with Gasteiger partial charge in [0.2, 0.25) is 0 Å². The molecular formula is C25H17ClN2O4S. The van der Waals surface area contributed by atoms with Gasteiger partial charge in [0.05, 0.1) is 28.9 Å². The summed E-state index contributed by atoms with van der Waals surface area (Å²) in [7, 11) is 1.54. The number of Topliss-reactive ketones (excluding diaryl/α,β-unsaturated/α-hetero) is 1. The molecule has 0 spiro atoms. The number of carbonyl (C=O) groups is 2. The molecule has 1 fully saturated rings. The molecule has 0 radical (unpaired) electrons. The quantitative estimate of drug-likeness (QED) is 0.236. The first-order valence-corrected chi connectivity index (χ1v) is 11.2. The number of aromatic nitrogens is 1. The normalized spacial score (nSPS) is 17.6. The molecule has 0 aliphatic carbocycles. The topological polar surface area (TPSA) is 79.7 Å². The van der Waals surface area contributed by atoms with Crippen molar-refractivity contribution in [1.29, 1.82) is 0 Å². The zero-order chi connectivity index (χ0) is 23.1. The predicted molar refractivity (Wildman–Crippen MR) is 129 cm³/mol. The van der Waals surface area contributed by atoms with Gasteiger partial charge in [0.25, 0.3) is 5.78 Å². The first-order chi connectivity index (χ1) is 16.0. The summed E-state index contributed by atoms with van der Waals surface area (Å²) in [6, 6.07) is 20.1. The van der Waals surface area contributed by atoms with E-state index in [1.165, 1.54) is 23.3 Å². The number of rotatable bonds is 4. The van der Waals surface area contributed by atoms with Crippen LogP contribution in [0, 0.1) is 0 Å². The van der Waals surface area contributed by atoms with Gasteiger partial charge in [-0.2, -0.15) is 0 Å². The number of para-hydroxylation sites is 1. The van der Waals surface area contributed by atoms with Crippen molar-refractivity contribution in [1.82, 2.24) is 4.98 Å². The highest BCUT2D eigenvalue weighted by Gasteiger charge is 2.48. The highest BCUT2D eigenvalue weighted by Crippen LogP contribution is 2.44. The number of nitrogens with zero attached hydrogens (tertiary/aromatic N) is 2. The zero-order valence-corrected chi connectivity index (χ0v) is 18.9. The van der Waals surface area contributed by atoms with E-state index in [-0.39, 0.29) is 11.3 Å². The molecule has 33 heavy (non-hydrogen) atoms. The summed E-state index contributed by atoms with van der Waals surface area (Å²) in [5, 5.41) is 12.0. The number of methoxy groups -OCH3 is 1. The number of amides is 1. The number of hydrogen-bond acceptors (Lipinski definition) is 6. The average molecular weight is 477 g/mol. The van der Waals surface area contributed by atoms with Crippen LogP contribution in [0.4, 0.5) is 5.13 Å². The molecule has 1 amide bonds. The molecule has 0 saturated carbocycles. The van der Waals surface area contributed by atoms with E-state index >= 15 is 0 Å². The summed E-state index contributed by atoms with van der Waals surface area (Å²) >= 11 is 7.29. The van der Waals surface area contributed by atoms with Gasteiger partial charge in [-0.1, -0.05) is 47.2 Å². The van der Waals surface area contributed by atoms with Crippen molar-refractivity contribution in [2.45, 2.75) is 6.04 Å². The van der Waals surface area contributed by atoms with Gasteiger partial charge in [0, 0.05) is 10.6 Å². The maximum Gasteiger partial charge on any atom is 0.301 e. The molecule has 1 N–H and O–H groups in total. The minimum Gasteiger partial charge on any atom is -0.507 e. The lowest BCUT2D eigenvalue weighted by Gasteiger charge is -2.23. The van der Waals surface area contributed by atoms with E-state index in [4.69, 9.17) is 16.3 Å². The third kappa shape index (κ3) is 3.65. The highest BCUT2D eigenvalue weighted by atomic mass is 35.5. The van der Waals surface area contributed by atoms with Gasteiger partial charge in [0.15, 0.2) is 5.13 Å². The van der Waals surface area contributed by atoms with Gasteiger partial charge in [-0.05, 0) is 54.1 Å². The van der Waals surface area contributed by atoms with Crippen LogP contribution in [0.1, 0.15) is 17.2 Å².